The summed E-state index contributed by atoms with van der Waals surface area (Å²) in [6.45, 7) is 3.67. The van der Waals surface area contributed by atoms with Crippen molar-refractivity contribution in [2.75, 3.05) is 14.2 Å². The molecule has 0 unspecified atom stereocenters. The van der Waals surface area contributed by atoms with E-state index < -0.39 is 0 Å². The average Bonchev–Trinajstić information content (AvgIpc) is 3.43. The van der Waals surface area contributed by atoms with Crippen LogP contribution in [-0.2, 0) is 6.54 Å². The van der Waals surface area contributed by atoms with Crippen molar-refractivity contribution in [3.63, 3.8) is 0 Å². The number of hydrogen-bond donors (Lipinski definition) is 0. The van der Waals surface area contributed by atoms with Gasteiger partial charge in [0.1, 0.15) is 34.4 Å². The fourth-order valence-electron chi connectivity index (χ4n) is 3.85. The topological polar surface area (TPSA) is 105 Å². The number of hydrogen-bond acceptors (Lipinski definition) is 8. The van der Waals surface area contributed by atoms with Gasteiger partial charge >= 0.3 is 0 Å². The van der Waals surface area contributed by atoms with Gasteiger partial charge in [-0.05, 0) is 50.2 Å². The third-order valence-corrected chi connectivity index (χ3v) is 5.65. The van der Waals surface area contributed by atoms with Gasteiger partial charge < -0.3 is 18.4 Å². The smallest absolute Gasteiger partial charge is 0.297 e. The van der Waals surface area contributed by atoms with Crippen molar-refractivity contribution in [3.05, 3.63) is 76.1 Å². The fraction of sp³-hybridized carbons (Fsp3) is 0.200. The van der Waals surface area contributed by atoms with Crippen LogP contribution in [0.3, 0.4) is 0 Å². The third kappa shape index (κ3) is 3.61. The first-order chi connectivity index (χ1) is 16.5. The first-order valence-corrected chi connectivity index (χ1v) is 10.6. The molecular weight excluding hydrogens is 436 g/mol. The molecule has 0 spiro atoms. The van der Waals surface area contributed by atoms with Gasteiger partial charge in [-0.2, -0.15) is 5.10 Å². The highest BCUT2D eigenvalue weighted by Gasteiger charge is 2.21. The fourth-order valence-corrected chi connectivity index (χ4v) is 3.85. The predicted octanol–water partition coefficient (Wildman–Crippen LogP) is 4.39. The van der Waals surface area contributed by atoms with Crippen LogP contribution < -0.4 is 15.0 Å². The van der Waals surface area contributed by atoms with E-state index in [9.17, 15) is 4.79 Å². The largest absolute Gasteiger partial charge is 0.497 e. The summed E-state index contributed by atoms with van der Waals surface area (Å²) in [7, 11) is 3.20. The molecule has 9 heteroatoms. The molecule has 0 radical (unpaired) electrons. The summed E-state index contributed by atoms with van der Waals surface area (Å²) in [4.78, 5) is 17.8. The maximum atomic E-state index is 13.2. The number of oxazole rings is 1. The first kappa shape index (κ1) is 21.4. The lowest BCUT2D eigenvalue weighted by atomic mass is 10.1. The number of fused-ring (bicyclic) bond motifs is 1. The molecule has 0 aliphatic carbocycles. The molecule has 0 bridgehead atoms. The molecule has 0 atom stereocenters. The Morgan fingerprint density at radius 3 is 2.47 bits per heavy atom. The van der Waals surface area contributed by atoms with Crippen LogP contribution in [0.5, 0.6) is 11.5 Å². The molecule has 0 aliphatic heterocycles. The van der Waals surface area contributed by atoms with Gasteiger partial charge in [-0.25, -0.2) is 9.67 Å². The predicted molar refractivity (Wildman–Crippen MR) is 125 cm³/mol. The summed E-state index contributed by atoms with van der Waals surface area (Å²) in [5.74, 6) is 2.88. The summed E-state index contributed by atoms with van der Waals surface area (Å²) in [6.07, 6.45) is 0. The Labute approximate surface area is 194 Å². The lowest BCUT2D eigenvalue weighted by Gasteiger charge is -2.09. The van der Waals surface area contributed by atoms with Crippen LogP contribution in [-0.4, -0.2) is 34.1 Å². The number of ether oxygens (including phenoxy) is 2. The molecule has 5 aromatic rings. The van der Waals surface area contributed by atoms with Crippen LogP contribution in [0.4, 0.5) is 0 Å². The minimum Gasteiger partial charge on any atom is -0.497 e. The third-order valence-electron chi connectivity index (χ3n) is 5.65. The molecule has 3 aromatic heterocycles. The van der Waals surface area contributed by atoms with Gasteiger partial charge in [0.25, 0.3) is 5.56 Å². The van der Waals surface area contributed by atoms with E-state index >= 15 is 0 Å². The lowest BCUT2D eigenvalue weighted by Crippen LogP contribution is -2.25. The Kier molecular flexibility index (Phi) is 5.37. The van der Waals surface area contributed by atoms with E-state index in [4.69, 9.17) is 18.4 Å². The van der Waals surface area contributed by atoms with Gasteiger partial charge in [0, 0.05) is 5.56 Å². The van der Waals surface area contributed by atoms with Crippen LogP contribution in [0.2, 0.25) is 0 Å². The zero-order chi connectivity index (χ0) is 23.8. The number of para-hydroxylation sites is 1. The number of aromatic nitrogens is 4. The molecule has 0 saturated carbocycles. The number of rotatable bonds is 6. The molecule has 0 aliphatic rings. The van der Waals surface area contributed by atoms with Crippen molar-refractivity contribution in [1.29, 1.82) is 0 Å². The van der Waals surface area contributed by atoms with E-state index in [1.54, 1.807) is 28.1 Å². The van der Waals surface area contributed by atoms with Gasteiger partial charge in [0.15, 0.2) is 5.52 Å². The Bertz CT molecular complexity index is 1550. The molecule has 0 N–H and O–H groups in total. The molecule has 172 valence electrons. The van der Waals surface area contributed by atoms with Gasteiger partial charge in [0.05, 0.1) is 31.7 Å². The molecule has 2 aromatic carbocycles. The van der Waals surface area contributed by atoms with Crippen molar-refractivity contribution in [2.45, 2.75) is 20.4 Å². The summed E-state index contributed by atoms with van der Waals surface area (Å²) >= 11 is 0. The van der Waals surface area contributed by atoms with Crippen molar-refractivity contribution in [3.8, 4) is 34.2 Å². The van der Waals surface area contributed by atoms with E-state index in [-0.39, 0.29) is 17.6 Å². The average molecular weight is 458 g/mol. The number of methoxy groups -OCH3 is 2. The highest BCUT2D eigenvalue weighted by atomic mass is 16.5. The van der Waals surface area contributed by atoms with Crippen LogP contribution in [0.1, 0.15) is 17.2 Å². The zero-order valence-corrected chi connectivity index (χ0v) is 19.2. The van der Waals surface area contributed by atoms with Crippen LogP contribution in [0, 0.1) is 13.8 Å². The molecule has 34 heavy (non-hydrogen) atoms. The first-order valence-electron chi connectivity index (χ1n) is 10.6. The zero-order valence-electron chi connectivity index (χ0n) is 19.2. The second-order valence-corrected chi connectivity index (χ2v) is 7.72. The number of aryl methyl sites for hydroxylation is 2. The van der Waals surface area contributed by atoms with Crippen LogP contribution in [0.15, 0.2) is 62.3 Å². The van der Waals surface area contributed by atoms with Gasteiger partial charge in [-0.1, -0.05) is 17.3 Å². The summed E-state index contributed by atoms with van der Waals surface area (Å²) in [5, 5.41) is 9.25. The van der Waals surface area contributed by atoms with Crippen LogP contribution >= 0.6 is 0 Å². The molecule has 0 saturated heterocycles. The second kappa shape index (κ2) is 8.51. The molecule has 3 heterocycles. The van der Waals surface area contributed by atoms with Gasteiger partial charge in [-0.3, -0.25) is 4.79 Å². The van der Waals surface area contributed by atoms with Crippen molar-refractivity contribution < 1.29 is 18.4 Å². The van der Waals surface area contributed by atoms with Crippen molar-refractivity contribution in [2.24, 2.45) is 0 Å². The Balaban J connectivity index is 1.61. The molecule has 0 amide bonds. The maximum absolute atomic E-state index is 13.2. The molecule has 0 fully saturated rings. The maximum Gasteiger partial charge on any atom is 0.297 e. The summed E-state index contributed by atoms with van der Waals surface area (Å²) in [6, 6.07) is 14.9. The quantitative estimate of drug-likeness (QED) is 0.369. The lowest BCUT2D eigenvalue weighted by molar-refractivity contribution is 0.405. The standard InChI is InChI=1S/C25H22N4O5/c1-14-19(26-24(33-14)18-7-5-6-8-20(18)32-4)13-29-25(30)23-21(15(2)34-28-23)22(27-29)16-9-11-17(31-3)12-10-16/h5-12H,13H2,1-4H3. The molecule has 9 nitrogen and oxygen atoms in total. The Hall–Kier alpha value is -4.40. The normalized spacial score (nSPS) is 11.2. The minimum absolute atomic E-state index is 0.105. The number of benzene rings is 2. The molecular formula is C25H22N4O5. The van der Waals surface area contributed by atoms with E-state index in [1.165, 1.54) is 4.68 Å². The summed E-state index contributed by atoms with van der Waals surface area (Å²) in [5.41, 5.74) is 2.53. The van der Waals surface area contributed by atoms with Crippen LogP contribution in [0.25, 0.3) is 33.6 Å². The van der Waals surface area contributed by atoms with Gasteiger partial charge in [0.2, 0.25) is 5.89 Å². The van der Waals surface area contributed by atoms with Gasteiger partial charge in [-0.15, -0.1) is 0 Å². The monoisotopic (exact) mass is 458 g/mol. The van der Waals surface area contributed by atoms with E-state index in [0.717, 1.165) is 16.9 Å². The Morgan fingerprint density at radius 2 is 1.74 bits per heavy atom. The van der Waals surface area contributed by atoms with E-state index in [2.05, 4.69) is 15.2 Å². The van der Waals surface area contributed by atoms with E-state index in [1.807, 2.05) is 48.5 Å². The SMILES string of the molecule is COc1ccc(-c2nn(Cc3nc(-c4ccccc4OC)oc3C)c(=O)c3noc(C)c23)cc1. The summed E-state index contributed by atoms with van der Waals surface area (Å²) < 4.78 is 23.3. The Morgan fingerprint density at radius 1 is 0.971 bits per heavy atom. The molecule has 5 rings (SSSR count). The van der Waals surface area contributed by atoms with E-state index in [0.29, 0.717) is 39.9 Å². The number of nitrogens with zero attached hydrogens (tertiary/aromatic N) is 4. The highest BCUT2D eigenvalue weighted by molar-refractivity contribution is 5.93. The van der Waals surface area contributed by atoms with Crippen molar-refractivity contribution in [1.82, 2.24) is 19.9 Å². The minimum atomic E-state index is -0.370. The van der Waals surface area contributed by atoms with Crippen molar-refractivity contribution >= 4 is 10.9 Å². The highest BCUT2D eigenvalue weighted by Crippen LogP contribution is 2.31. The second-order valence-electron chi connectivity index (χ2n) is 7.72.